The third-order valence-corrected chi connectivity index (χ3v) is 4.71. The molecule has 2 aliphatic heterocycles. The quantitative estimate of drug-likeness (QED) is 0.187. The fourth-order valence-electron chi connectivity index (χ4n) is 3.02. The first kappa shape index (κ1) is 23.5. The summed E-state index contributed by atoms with van der Waals surface area (Å²) in [6, 6.07) is -2.75. The lowest BCUT2D eigenvalue weighted by atomic mass is 10.0. The van der Waals surface area contributed by atoms with Crippen LogP contribution in [0.15, 0.2) is 12.5 Å². The molecule has 6 N–H and O–H groups in total. The normalized spacial score (nSPS) is 21.6. The number of hydrogen-bond donors (Lipinski definition) is 4. The number of amides is 3. The molecule has 0 unspecified atom stereocenters. The van der Waals surface area contributed by atoms with Crippen LogP contribution in [-0.2, 0) is 35.5 Å². The fourth-order valence-corrected chi connectivity index (χ4v) is 3.40. The van der Waals surface area contributed by atoms with Gasteiger partial charge >= 0.3 is 12.0 Å². The molecule has 1 aromatic rings. The summed E-state index contributed by atoms with van der Waals surface area (Å²) in [5.74, 6) is -1.40. The van der Waals surface area contributed by atoms with E-state index in [1.54, 1.807) is 6.20 Å². The van der Waals surface area contributed by atoms with Crippen molar-refractivity contribution < 1.29 is 47.3 Å². The molecule has 2 bridgehead atoms. The molecule has 1 aromatic heterocycles. The van der Waals surface area contributed by atoms with Crippen LogP contribution in [0.5, 0.6) is 0 Å². The van der Waals surface area contributed by atoms with Gasteiger partial charge in [0.15, 0.2) is 6.04 Å². The van der Waals surface area contributed by atoms with E-state index in [1.165, 1.54) is 13.4 Å². The minimum atomic E-state index is -5.02. The van der Waals surface area contributed by atoms with Gasteiger partial charge in [0.2, 0.25) is 10.4 Å². The van der Waals surface area contributed by atoms with Crippen LogP contribution in [0.2, 0.25) is 0 Å². The number of imidazole rings is 1. The van der Waals surface area contributed by atoms with Crippen LogP contribution in [0.1, 0.15) is 18.5 Å². The number of aromatic amines is 1. The first-order valence-electron chi connectivity index (χ1n) is 8.64. The summed E-state index contributed by atoms with van der Waals surface area (Å²) in [7, 11) is -3.77. The highest BCUT2D eigenvalue weighted by Gasteiger charge is 2.48. The average molecular weight is 450 g/mol. The maximum Gasteiger partial charge on any atom is 0.362 e. The van der Waals surface area contributed by atoms with E-state index in [-0.39, 0.29) is 6.54 Å². The Kier molecular flexibility index (Phi) is 7.68. The molecule has 0 saturated carbocycles. The smallest absolute Gasteiger partial charge is 0.362 e. The Hall–Kier alpha value is -2.79. The van der Waals surface area contributed by atoms with Crippen molar-refractivity contribution >= 4 is 28.3 Å². The average Bonchev–Trinajstić information content (AvgIpc) is 3.24. The van der Waals surface area contributed by atoms with Crippen molar-refractivity contribution in [3.63, 3.8) is 0 Å². The van der Waals surface area contributed by atoms with Gasteiger partial charge in [-0.05, 0) is 12.8 Å². The first-order valence-corrected chi connectivity index (χ1v) is 9.98. The van der Waals surface area contributed by atoms with Crippen LogP contribution in [0.25, 0.3) is 0 Å². The number of hydroxylamine groups is 3. The van der Waals surface area contributed by atoms with Crippen molar-refractivity contribution in [3.05, 3.63) is 18.2 Å². The van der Waals surface area contributed by atoms with Crippen LogP contribution in [0.4, 0.5) is 4.79 Å². The number of urea groups is 1. The highest BCUT2D eigenvalue weighted by Crippen LogP contribution is 2.30. The number of hydrogen-bond acceptors (Lipinski definition) is 9. The molecule has 168 valence electrons. The summed E-state index contributed by atoms with van der Waals surface area (Å²) in [6.45, 7) is 0.121. The third kappa shape index (κ3) is 6.10. The minimum Gasteiger partial charge on any atom is -0.724 e. The Labute approximate surface area is 171 Å². The van der Waals surface area contributed by atoms with Crippen molar-refractivity contribution in [2.45, 2.75) is 37.4 Å². The molecular formula is C14H22N6O9S. The van der Waals surface area contributed by atoms with E-state index in [4.69, 9.17) is 5.11 Å². The Bertz CT molecular complexity index is 861. The van der Waals surface area contributed by atoms with Gasteiger partial charge in [-0.15, -0.1) is 0 Å². The number of quaternary nitrogens is 1. The van der Waals surface area contributed by atoms with Gasteiger partial charge in [0.25, 0.3) is 5.91 Å². The van der Waals surface area contributed by atoms with Gasteiger partial charge < -0.3 is 25.3 Å². The summed E-state index contributed by atoms with van der Waals surface area (Å²) in [4.78, 5) is 46.1. The minimum absolute atomic E-state index is 0.121. The van der Waals surface area contributed by atoms with E-state index < -0.39 is 46.4 Å². The molecule has 30 heavy (non-hydrogen) atoms. The van der Waals surface area contributed by atoms with E-state index in [2.05, 4.69) is 30.3 Å². The molecule has 3 atom stereocenters. The second kappa shape index (κ2) is 9.81. The van der Waals surface area contributed by atoms with Crippen LogP contribution in [0, 0.1) is 0 Å². The number of fused-ring (bicyclic) bond motifs is 2. The Morgan fingerprint density at radius 2 is 2.20 bits per heavy atom. The predicted molar refractivity (Wildman–Crippen MR) is 93.3 cm³/mol. The van der Waals surface area contributed by atoms with Gasteiger partial charge in [-0.3, -0.25) is 9.63 Å². The molecule has 3 heterocycles. The zero-order chi connectivity index (χ0) is 22.5. The van der Waals surface area contributed by atoms with Crippen LogP contribution in [0.3, 0.4) is 0 Å². The van der Waals surface area contributed by atoms with Crippen molar-refractivity contribution in [2.24, 2.45) is 0 Å². The fraction of sp³-hybridized carbons (Fsp3) is 0.571. The molecule has 2 saturated heterocycles. The number of piperidine rings is 1. The van der Waals surface area contributed by atoms with Crippen molar-refractivity contribution in [3.8, 4) is 0 Å². The number of nitrogens with one attached hydrogen (secondary N) is 2. The number of nitrogens with zero attached hydrogens (tertiary/aromatic N) is 3. The second-order valence-corrected chi connectivity index (χ2v) is 7.44. The first-order chi connectivity index (χ1) is 14.0. The molecule has 0 spiro atoms. The molecule has 3 rings (SSSR count). The molecular weight excluding hydrogens is 428 g/mol. The number of aliphatic carboxylic acids is 1. The lowest BCUT2D eigenvalue weighted by Gasteiger charge is -2.28. The molecule has 0 aliphatic carbocycles. The predicted octanol–water partition coefficient (Wildman–Crippen LogP) is -3.03. The zero-order valence-corrected chi connectivity index (χ0v) is 16.7. The Balaban J connectivity index is 0.000000248. The Morgan fingerprint density at radius 1 is 1.50 bits per heavy atom. The molecule has 15 nitrogen and oxygen atoms in total. The summed E-state index contributed by atoms with van der Waals surface area (Å²) in [6.07, 6.45) is 4.18. The van der Waals surface area contributed by atoms with Crippen molar-refractivity contribution in [1.29, 1.82) is 0 Å². The number of carboxylic acid groups (broad SMARTS) is 1. The zero-order valence-electron chi connectivity index (χ0n) is 15.9. The lowest BCUT2D eigenvalue weighted by molar-refractivity contribution is -0.407. The SMILES string of the molecule is CONC(=O)[C@@H]1CC[C@@H]2CN1C(=O)N2OS(=O)(=O)[O-].[NH3+][C@@H](Cc1cnc[nH]1)C(=O)O. The molecule has 3 amide bonds. The van der Waals surface area contributed by atoms with Crippen LogP contribution < -0.4 is 11.2 Å². The summed E-state index contributed by atoms with van der Waals surface area (Å²) >= 11 is 0. The van der Waals surface area contributed by atoms with Gasteiger partial charge in [-0.25, -0.2) is 28.5 Å². The van der Waals surface area contributed by atoms with Crippen LogP contribution >= 0.6 is 0 Å². The molecule has 0 aromatic carbocycles. The monoisotopic (exact) mass is 450 g/mol. The van der Waals surface area contributed by atoms with Crippen molar-refractivity contribution in [2.75, 3.05) is 13.7 Å². The van der Waals surface area contributed by atoms with Gasteiger partial charge in [-0.1, -0.05) is 0 Å². The largest absolute Gasteiger partial charge is 0.724 e. The summed E-state index contributed by atoms with van der Waals surface area (Å²) in [5.41, 5.74) is 6.37. The number of rotatable bonds is 7. The number of carbonyl (C=O) groups is 3. The van der Waals surface area contributed by atoms with E-state index >= 15 is 0 Å². The summed E-state index contributed by atoms with van der Waals surface area (Å²) < 4.78 is 35.8. The number of carboxylic acids is 1. The van der Waals surface area contributed by atoms with E-state index in [0.29, 0.717) is 24.3 Å². The van der Waals surface area contributed by atoms with Gasteiger partial charge in [0.1, 0.15) is 6.04 Å². The standard InChI is InChI=1S/C8H13N3O7S.C6H9N3O2/c1-17-9-7(12)6-3-2-5-4-10(6)8(13)11(5)18-19(14,15)16;7-5(6(10)11)1-4-2-8-3-9-4/h5-6H,2-4H2,1H3,(H,9,12)(H,14,15,16);2-3,5H,1,7H2,(H,8,9)(H,10,11)/t5-,6+;5-/m10/s1. The Morgan fingerprint density at radius 3 is 2.73 bits per heavy atom. The maximum atomic E-state index is 11.9. The summed E-state index contributed by atoms with van der Waals surface area (Å²) in [5, 5.41) is 9.00. The van der Waals surface area contributed by atoms with Crippen molar-refractivity contribution in [1.82, 2.24) is 25.4 Å². The molecule has 0 radical (unpaired) electrons. The molecule has 16 heteroatoms. The highest BCUT2D eigenvalue weighted by atomic mass is 32.3. The van der Waals surface area contributed by atoms with E-state index in [0.717, 1.165) is 10.6 Å². The topological polar surface area (TPSA) is 222 Å². The maximum absolute atomic E-state index is 11.9. The molecule has 2 aliphatic rings. The van der Waals surface area contributed by atoms with E-state index in [1.807, 2.05) is 0 Å². The second-order valence-electron chi connectivity index (χ2n) is 6.48. The number of carbonyl (C=O) groups excluding carboxylic acids is 2. The molecule has 2 fully saturated rings. The van der Waals surface area contributed by atoms with Gasteiger partial charge in [0, 0.05) is 18.4 Å². The highest BCUT2D eigenvalue weighted by molar-refractivity contribution is 7.80. The third-order valence-electron chi connectivity index (χ3n) is 4.37. The van der Waals surface area contributed by atoms with Gasteiger partial charge in [0.05, 0.1) is 25.9 Å². The van der Waals surface area contributed by atoms with Gasteiger partial charge in [-0.2, -0.15) is 9.35 Å². The van der Waals surface area contributed by atoms with E-state index in [9.17, 15) is 27.4 Å². The lowest BCUT2D eigenvalue weighted by Crippen LogP contribution is -2.66. The number of aromatic nitrogens is 2. The van der Waals surface area contributed by atoms with Crippen LogP contribution in [-0.4, -0.2) is 87.7 Å². The number of H-pyrrole nitrogens is 1.